The van der Waals surface area contributed by atoms with E-state index in [1.165, 1.54) is 0 Å². The van der Waals surface area contributed by atoms with Gasteiger partial charge in [-0.05, 0) is 48.7 Å². The number of hydrogen-bond donors (Lipinski definition) is 1. The molecule has 1 heterocycles. The van der Waals surface area contributed by atoms with E-state index in [-0.39, 0.29) is 5.91 Å². The molecule has 0 fully saturated rings. The summed E-state index contributed by atoms with van der Waals surface area (Å²) in [6, 6.07) is 11.7. The smallest absolute Gasteiger partial charge is 0.224 e. The van der Waals surface area contributed by atoms with Gasteiger partial charge < -0.3 is 14.8 Å². The van der Waals surface area contributed by atoms with Gasteiger partial charge in [0.25, 0.3) is 0 Å². The fourth-order valence-corrected chi connectivity index (χ4v) is 2.92. The number of carbonyl (C=O) groups is 1. The van der Waals surface area contributed by atoms with Crippen LogP contribution in [0, 0.1) is 6.92 Å². The molecule has 1 amide bonds. The first-order valence-electron chi connectivity index (χ1n) is 8.06. The lowest BCUT2D eigenvalue weighted by molar-refractivity contribution is -0.116. The third-order valence-corrected chi connectivity index (χ3v) is 4.42. The number of carbonyl (C=O) groups excluding carboxylic acids is 1. The molecule has 126 valence electrons. The second-order valence-corrected chi connectivity index (χ2v) is 6.75. The van der Waals surface area contributed by atoms with Gasteiger partial charge >= 0.3 is 0 Å². The third-order valence-electron chi connectivity index (χ3n) is 3.93. The predicted octanol–water partition coefficient (Wildman–Crippen LogP) is 4.49. The Morgan fingerprint density at radius 2 is 1.92 bits per heavy atom. The average Bonchev–Trinajstić information content (AvgIpc) is 2.81. The van der Waals surface area contributed by atoms with Crippen molar-refractivity contribution in [1.29, 1.82) is 0 Å². The number of anilines is 1. The second-order valence-electron chi connectivity index (χ2n) is 5.84. The molecule has 1 aliphatic heterocycles. The van der Waals surface area contributed by atoms with E-state index in [9.17, 15) is 4.79 Å². The zero-order valence-electron chi connectivity index (χ0n) is 13.6. The fraction of sp³-hybridized carbons (Fsp3) is 0.316. The van der Waals surface area contributed by atoms with Gasteiger partial charge in [0.05, 0.1) is 13.2 Å². The van der Waals surface area contributed by atoms with Crippen molar-refractivity contribution in [2.75, 3.05) is 18.5 Å². The molecular formula is C19H20BrNO3. The van der Waals surface area contributed by atoms with Gasteiger partial charge in [-0.1, -0.05) is 28.1 Å². The molecule has 24 heavy (non-hydrogen) atoms. The number of aryl methyl sites for hydroxylation is 2. The lowest BCUT2D eigenvalue weighted by Gasteiger charge is -2.11. The highest BCUT2D eigenvalue weighted by Crippen LogP contribution is 2.30. The van der Waals surface area contributed by atoms with Crippen LogP contribution in [0.5, 0.6) is 11.5 Å². The first kappa shape index (κ1) is 16.8. The van der Waals surface area contributed by atoms with E-state index in [0.717, 1.165) is 39.2 Å². The maximum absolute atomic E-state index is 12.2. The summed E-state index contributed by atoms with van der Waals surface area (Å²) in [6.45, 7) is 3.33. The van der Waals surface area contributed by atoms with Crippen LogP contribution in [0.1, 0.15) is 24.0 Å². The minimum absolute atomic E-state index is 0.00307. The highest BCUT2D eigenvalue weighted by Gasteiger charge is 2.12. The maximum Gasteiger partial charge on any atom is 0.224 e. The lowest BCUT2D eigenvalue weighted by atomic mass is 10.1. The second kappa shape index (κ2) is 7.71. The molecule has 0 spiro atoms. The molecule has 1 aliphatic rings. The summed E-state index contributed by atoms with van der Waals surface area (Å²) in [4.78, 5) is 12.2. The molecule has 3 rings (SSSR count). The Kier molecular flexibility index (Phi) is 5.41. The third kappa shape index (κ3) is 4.29. The van der Waals surface area contributed by atoms with E-state index in [1.807, 2.05) is 43.3 Å². The first-order valence-corrected chi connectivity index (χ1v) is 8.85. The molecule has 0 saturated heterocycles. The molecule has 1 N–H and O–H groups in total. The van der Waals surface area contributed by atoms with Gasteiger partial charge in [-0.3, -0.25) is 4.79 Å². The molecule has 0 atom stereocenters. The summed E-state index contributed by atoms with van der Waals surface area (Å²) in [5.41, 5.74) is 2.95. The quantitative estimate of drug-likeness (QED) is 0.837. The Bertz CT molecular complexity index is 745. The molecule has 5 heteroatoms. The molecule has 4 nitrogen and oxygen atoms in total. The van der Waals surface area contributed by atoms with Crippen molar-refractivity contribution in [2.45, 2.75) is 26.2 Å². The van der Waals surface area contributed by atoms with E-state index in [0.29, 0.717) is 26.1 Å². The molecule has 0 radical (unpaired) electrons. The summed E-state index contributed by atoms with van der Waals surface area (Å²) in [6.07, 6.45) is 1.97. The molecule has 0 unspecified atom stereocenters. The van der Waals surface area contributed by atoms with Crippen molar-refractivity contribution < 1.29 is 14.3 Å². The summed E-state index contributed by atoms with van der Waals surface area (Å²) < 4.78 is 12.3. The van der Waals surface area contributed by atoms with Crippen LogP contribution in [0.25, 0.3) is 0 Å². The number of ether oxygens (including phenoxy) is 2. The van der Waals surface area contributed by atoms with Gasteiger partial charge in [0.1, 0.15) is 0 Å². The average molecular weight is 390 g/mol. The SMILES string of the molecule is Cc1ccc(Br)cc1NC(=O)CCc1ccc2c(c1)OCCCO2. The van der Waals surface area contributed by atoms with Gasteiger partial charge in [-0.15, -0.1) is 0 Å². The Labute approximate surface area is 150 Å². The van der Waals surface area contributed by atoms with E-state index in [4.69, 9.17) is 9.47 Å². The van der Waals surface area contributed by atoms with E-state index >= 15 is 0 Å². The number of hydrogen-bond acceptors (Lipinski definition) is 3. The van der Waals surface area contributed by atoms with Crippen LogP contribution < -0.4 is 14.8 Å². The number of nitrogens with one attached hydrogen (secondary N) is 1. The molecular weight excluding hydrogens is 370 g/mol. The largest absolute Gasteiger partial charge is 0.490 e. The minimum atomic E-state index is 0.00307. The van der Waals surface area contributed by atoms with Crippen LogP contribution in [0.3, 0.4) is 0 Å². The van der Waals surface area contributed by atoms with Gasteiger partial charge in [0, 0.05) is 23.0 Å². The van der Waals surface area contributed by atoms with Crippen LogP contribution >= 0.6 is 15.9 Å². The molecule has 2 aromatic rings. The number of amides is 1. The Morgan fingerprint density at radius 3 is 2.75 bits per heavy atom. The minimum Gasteiger partial charge on any atom is -0.490 e. The van der Waals surface area contributed by atoms with Crippen molar-refractivity contribution in [3.8, 4) is 11.5 Å². The number of fused-ring (bicyclic) bond motifs is 1. The van der Waals surface area contributed by atoms with Gasteiger partial charge in [0.15, 0.2) is 11.5 Å². The van der Waals surface area contributed by atoms with E-state index in [1.54, 1.807) is 0 Å². The van der Waals surface area contributed by atoms with Gasteiger partial charge in [-0.25, -0.2) is 0 Å². The van der Waals surface area contributed by atoms with E-state index < -0.39 is 0 Å². The summed E-state index contributed by atoms with van der Waals surface area (Å²) >= 11 is 3.43. The van der Waals surface area contributed by atoms with Crippen molar-refractivity contribution in [2.24, 2.45) is 0 Å². The Hall–Kier alpha value is -2.01. The van der Waals surface area contributed by atoms with Crippen LogP contribution in [-0.4, -0.2) is 19.1 Å². The van der Waals surface area contributed by atoms with Gasteiger partial charge in [-0.2, -0.15) is 0 Å². The zero-order valence-corrected chi connectivity index (χ0v) is 15.2. The predicted molar refractivity (Wildman–Crippen MR) is 97.9 cm³/mol. The molecule has 0 aromatic heterocycles. The van der Waals surface area contributed by atoms with Crippen molar-refractivity contribution >= 4 is 27.5 Å². The molecule has 2 aromatic carbocycles. The van der Waals surface area contributed by atoms with Crippen molar-refractivity contribution in [3.63, 3.8) is 0 Å². The van der Waals surface area contributed by atoms with Crippen LogP contribution in [-0.2, 0) is 11.2 Å². The molecule has 0 bridgehead atoms. The number of rotatable bonds is 4. The maximum atomic E-state index is 12.2. The van der Waals surface area contributed by atoms with Crippen molar-refractivity contribution in [1.82, 2.24) is 0 Å². The summed E-state index contributed by atoms with van der Waals surface area (Å²) in [7, 11) is 0. The van der Waals surface area contributed by atoms with Gasteiger partial charge in [0.2, 0.25) is 5.91 Å². The fourth-order valence-electron chi connectivity index (χ4n) is 2.56. The topological polar surface area (TPSA) is 47.6 Å². The lowest BCUT2D eigenvalue weighted by Crippen LogP contribution is -2.13. The highest BCUT2D eigenvalue weighted by atomic mass is 79.9. The van der Waals surface area contributed by atoms with Crippen LogP contribution in [0.15, 0.2) is 40.9 Å². The summed E-state index contributed by atoms with van der Waals surface area (Å²) in [5, 5.41) is 2.97. The van der Waals surface area contributed by atoms with Crippen LogP contribution in [0.2, 0.25) is 0 Å². The highest BCUT2D eigenvalue weighted by molar-refractivity contribution is 9.10. The van der Waals surface area contributed by atoms with Crippen LogP contribution in [0.4, 0.5) is 5.69 Å². The monoisotopic (exact) mass is 389 g/mol. The normalized spacial score (nSPS) is 13.2. The zero-order chi connectivity index (χ0) is 16.9. The Morgan fingerprint density at radius 1 is 1.12 bits per heavy atom. The first-order chi connectivity index (χ1) is 11.6. The van der Waals surface area contributed by atoms with E-state index in [2.05, 4.69) is 21.2 Å². The standard InChI is InChI=1S/C19H20BrNO3/c1-13-3-6-15(20)12-16(13)21-19(22)8-5-14-4-7-17-18(11-14)24-10-2-9-23-17/h3-4,6-7,11-12H,2,5,8-10H2,1H3,(H,21,22). The number of benzene rings is 2. The Balaban J connectivity index is 1.60. The molecule has 0 saturated carbocycles. The van der Waals surface area contributed by atoms with Crippen molar-refractivity contribution in [3.05, 3.63) is 52.0 Å². The molecule has 0 aliphatic carbocycles. The summed E-state index contributed by atoms with van der Waals surface area (Å²) in [5.74, 6) is 1.56. The number of halogens is 1.